The molecule has 1 atom stereocenters. The van der Waals surface area contributed by atoms with Crippen molar-refractivity contribution in [2.24, 2.45) is 0 Å². The van der Waals surface area contributed by atoms with E-state index in [2.05, 4.69) is 142 Å². The maximum atomic E-state index is 12.9. The average molecular weight is 970 g/mol. The molecule has 0 rings (SSSR count). The van der Waals surface area contributed by atoms with Gasteiger partial charge >= 0.3 is 11.9 Å². The van der Waals surface area contributed by atoms with Crippen LogP contribution in [0.2, 0.25) is 0 Å². The minimum Gasteiger partial charge on any atom is -0.462 e. The van der Waals surface area contributed by atoms with Gasteiger partial charge in [-0.3, -0.25) is 9.59 Å². The number of esters is 2. The second-order valence-electron chi connectivity index (χ2n) is 18.8. The molecule has 0 amide bonds. The minimum atomic E-state index is -0.572. The highest BCUT2D eigenvalue weighted by molar-refractivity contribution is 5.70. The molecule has 0 aromatic heterocycles. The van der Waals surface area contributed by atoms with Gasteiger partial charge in [-0.15, -0.1) is 0 Å². The average Bonchev–Trinajstić information content (AvgIpc) is 3.36. The van der Waals surface area contributed by atoms with E-state index >= 15 is 0 Å². The van der Waals surface area contributed by atoms with Gasteiger partial charge in [0.1, 0.15) is 6.61 Å². The van der Waals surface area contributed by atoms with Gasteiger partial charge in [0, 0.05) is 19.4 Å². The molecule has 0 radical (unpaired) electrons. The fourth-order valence-electron chi connectivity index (χ4n) is 7.63. The maximum absolute atomic E-state index is 12.9. The Bertz CT molecular complexity index is 1420. The fraction of sp³-hybridized carbons (Fsp3) is 0.662. The third-order valence-electron chi connectivity index (χ3n) is 12.0. The summed E-state index contributed by atoms with van der Waals surface area (Å²) in [7, 11) is 0. The number of carbonyl (C=O) groups excluding carboxylic acids is 2. The van der Waals surface area contributed by atoms with Gasteiger partial charge in [0.25, 0.3) is 0 Å². The van der Waals surface area contributed by atoms with Crippen LogP contribution in [0.5, 0.6) is 0 Å². The number of carbonyl (C=O) groups is 2. The van der Waals surface area contributed by atoms with Crippen LogP contribution in [0.4, 0.5) is 0 Å². The standard InChI is InChI=1S/C65H108O5/c1-4-7-10-13-16-19-22-25-28-31-33-35-37-40-43-46-49-52-55-58-64(66)69-62-63(61-68-60-57-54-51-48-45-42-39-30-27-24-21-18-15-12-9-6-3)70-65(67)59-56-53-50-47-44-41-38-36-34-32-29-26-23-20-17-14-11-8-5-2/h7,10,16-21,25-30,33-36,40,43,63H,4-6,8-9,11-15,22-24,31-32,37-39,41-42,44-62H2,1-3H3/b10-7-,19-16-,20-17-,21-18-,28-25-,29-26-,30-27-,35-33-,36-34-,43-40-. The van der Waals surface area contributed by atoms with Gasteiger partial charge < -0.3 is 14.2 Å². The Hall–Kier alpha value is -3.70. The Balaban J connectivity index is 4.41. The number of unbranched alkanes of at least 4 members (excludes halogenated alkanes) is 21. The van der Waals surface area contributed by atoms with E-state index in [0.29, 0.717) is 19.4 Å². The van der Waals surface area contributed by atoms with E-state index in [4.69, 9.17) is 14.2 Å². The molecule has 0 heterocycles. The summed E-state index contributed by atoms with van der Waals surface area (Å²) in [4.78, 5) is 25.5. The van der Waals surface area contributed by atoms with Crippen molar-refractivity contribution in [3.05, 3.63) is 122 Å². The molecule has 0 bridgehead atoms. The zero-order valence-electron chi connectivity index (χ0n) is 45.7. The second kappa shape index (κ2) is 59.6. The van der Waals surface area contributed by atoms with Crippen LogP contribution >= 0.6 is 0 Å². The number of hydrogen-bond acceptors (Lipinski definition) is 5. The number of ether oxygens (including phenoxy) is 3. The first-order valence-electron chi connectivity index (χ1n) is 29.1. The summed E-state index contributed by atoms with van der Waals surface area (Å²) >= 11 is 0. The zero-order valence-corrected chi connectivity index (χ0v) is 45.7. The molecule has 0 spiro atoms. The minimum absolute atomic E-state index is 0.0512. The van der Waals surface area contributed by atoms with Crippen molar-refractivity contribution in [1.29, 1.82) is 0 Å². The lowest BCUT2D eigenvalue weighted by Crippen LogP contribution is -2.30. The van der Waals surface area contributed by atoms with E-state index in [1.807, 2.05) is 0 Å². The lowest BCUT2D eigenvalue weighted by molar-refractivity contribution is -0.163. The number of rotatable bonds is 52. The molecule has 5 heteroatoms. The van der Waals surface area contributed by atoms with Crippen molar-refractivity contribution in [3.63, 3.8) is 0 Å². The Kier molecular flexibility index (Phi) is 56.5. The molecule has 0 saturated heterocycles. The van der Waals surface area contributed by atoms with Crippen molar-refractivity contribution in [3.8, 4) is 0 Å². The predicted molar refractivity (Wildman–Crippen MR) is 306 cm³/mol. The van der Waals surface area contributed by atoms with E-state index in [1.165, 1.54) is 96.3 Å². The van der Waals surface area contributed by atoms with E-state index in [-0.39, 0.29) is 25.2 Å². The third-order valence-corrected chi connectivity index (χ3v) is 12.0. The largest absolute Gasteiger partial charge is 0.462 e. The molecule has 0 aliphatic carbocycles. The second-order valence-corrected chi connectivity index (χ2v) is 18.8. The van der Waals surface area contributed by atoms with Crippen molar-refractivity contribution >= 4 is 11.9 Å². The summed E-state index contributed by atoms with van der Waals surface area (Å²) in [5.74, 6) is -0.458. The highest BCUT2D eigenvalue weighted by Crippen LogP contribution is 2.13. The SMILES string of the molecule is CC/C=C\C/C=C\C/C=C\C/C=C\C/C=C\CCCCCC(=O)OCC(COCCCCCCCC/C=C\C/C=C\CCCCC)OC(=O)CCCCCCCC/C=C\C/C=C\C/C=C\CCCCC. The molecule has 0 saturated carbocycles. The molecule has 0 aliphatic heterocycles. The van der Waals surface area contributed by atoms with Crippen molar-refractivity contribution in [1.82, 2.24) is 0 Å². The van der Waals surface area contributed by atoms with Crippen molar-refractivity contribution < 1.29 is 23.8 Å². The number of hydrogen-bond donors (Lipinski definition) is 0. The van der Waals surface area contributed by atoms with Gasteiger partial charge in [0.15, 0.2) is 6.10 Å². The van der Waals surface area contributed by atoms with Crippen molar-refractivity contribution in [2.75, 3.05) is 19.8 Å². The molecule has 0 N–H and O–H groups in total. The fourth-order valence-corrected chi connectivity index (χ4v) is 7.63. The van der Waals surface area contributed by atoms with Crippen LogP contribution in [0.1, 0.15) is 252 Å². The molecule has 0 aromatic rings. The zero-order chi connectivity index (χ0) is 50.6. The summed E-state index contributed by atoms with van der Waals surface area (Å²) < 4.78 is 17.4. The summed E-state index contributed by atoms with van der Waals surface area (Å²) in [5.41, 5.74) is 0. The highest BCUT2D eigenvalue weighted by Gasteiger charge is 2.17. The Morgan fingerprint density at radius 2 is 0.643 bits per heavy atom. The van der Waals surface area contributed by atoms with Gasteiger partial charge in [0.2, 0.25) is 0 Å². The van der Waals surface area contributed by atoms with E-state index in [9.17, 15) is 9.59 Å². The van der Waals surface area contributed by atoms with Crippen LogP contribution in [0.25, 0.3) is 0 Å². The molecule has 0 fully saturated rings. The van der Waals surface area contributed by atoms with Gasteiger partial charge in [0.05, 0.1) is 6.61 Å². The van der Waals surface area contributed by atoms with Crippen LogP contribution in [-0.4, -0.2) is 37.9 Å². The van der Waals surface area contributed by atoms with Crippen molar-refractivity contribution in [2.45, 2.75) is 258 Å². The lowest BCUT2D eigenvalue weighted by atomic mass is 10.1. The summed E-state index contributed by atoms with van der Waals surface area (Å²) in [6, 6.07) is 0. The normalized spacial score (nSPS) is 13.1. The van der Waals surface area contributed by atoms with Crippen LogP contribution in [0.3, 0.4) is 0 Å². The highest BCUT2D eigenvalue weighted by atomic mass is 16.6. The van der Waals surface area contributed by atoms with Gasteiger partial charge in [-0.2, -0.15) is 0 Å². The molecular weight excluding hydrogens is 861 g/mol. The van der Waals surface area contributed by atoms with E-state index in [1.54, 1.807) is 0 Å². The molecule has 0 aromatic carbocycles. The first kappa shape index (κ1) is 66.3. The molecule has 70 heavy (non-hydrogen) atoms. The van der Waals surface area contributed by atoms with Crippen LogP contribution < -0.4 is 0 Å². The van der Waals surface area contributed by atoms with Crippen LogP contribution in [0, 0.1) is 0 Å². The van der Waals surface area contributed by atoms with Crippen LogP contribution in [-0.2, 0) is 23.8 Å². The Morgan fingerprint density at radius 3 is 1.04 bits per heavy atom. The molecule has 398 valence electrons. The Labute approximate surface area is 433 Å². The molecule has 5 nitrogen and oxygen atoms in total. The lowest BCUT2D eigenvalue weighted by Gasteiger charge is -2.18. The van der Waals surface area contributed by atoms with Crippen LogP contribution in [0.15, 0.2) is 122 Å². The van der Waals surface area contributed by atoms with E-state index < -0.39 is 6.10 Å². The first-order valence-corrected chi connectivity index (χ1v) is 29.1. The monoisotopic (exact) mass is 969 g/mol. The van der Waals surface area contributed by atoms with Gasteiger partial charge in [-0.25, -0.2) is 0 Å². The first-order chi connectivity index (χ1) is 34.6. The van der Waals surface area contributed by atoms with Gasteiger partial charge in [-0.1, -0.05) is 226 Å². The summed E-state index contributed by atoms with van der Waals surface area (Å²) in [6.45, 7) is 7.59. The predicted octanol–water partition coefficient (Wildman–Crippen LogP) is 20.1. The quantitative estimate of drug-likeness (QED) is 0.0345. The maximum Gasteiger partial charge on any atom is 0.306 e. The molecular formula is C65H108O5. The third kappa shape index (κ3) is 56.9. The topological polar surface area (TPSA) is 61.8 Å². The summed E-state index contributed by atoms with van der Waals surface area (Å²) in [6.07, 6.45) is 83.5. The molecule has 0 aliphatic rings. The summed E-state index contributed by atoms with van der Waals surface area (Å²) in [5, 5.41) is 0. The van der Waals surface area contributed by atoms with E-state index in [0.717, 1.165) is 122 Å². The van der Waals surface area contributed by atoms with Gasteiger partial charge in [-0.05, 0) is 135 Å². The number of allylic oxidation sites excluding steroid dienone is 20. The molecule has 1 unspecified atom stereocenters. The smallest absolute Gasteiger partial charge is 0.306 e. The Morgan fingerprint density at radius 1 is 0.329 bits per heavy atom.